The molecule has 0 radical (unpaired) electrons. The highest BCUT2D eigenvalue weighted by Gasteiger charge is 2.19. The van der Waals surface area contributed by atoms with Crippen LogP contribution in [0.5, 0.6) is 0 Å². The smallest absolute Gasteiger partial charge is 0.255 e. The molecule has 0 atom stereocenters. The van der Waals surface area contributed by atoms with Gasteiger partial charge in [-0.15, -0.1) is 0 Å². The van der Waals surface area contributed by atoms with Gasteiger partial charge in [0.1, 0.15) is 0 Å². The van der Waals surface area contributed by atoms with E-state index >= 15 is 0 Å². The number of hydrogen-bond acceptors (Lipinski definition) is 3. The Morgan fingerprint density at radius 2 is 1.96 bits per heavy atom. The first-order valence-electron chi connectivity index (χ1n) is 9.06. The first-order chi connectivity index (χ1) is 13.0. The van der Waals surface area contributed by atoms with Crippen molar-refractivity contribution in [3.8, 4) is 0 Å². The topological polar surface area (TPSA) is 57.4 Å². The van der Waals surface area contributed by atoms with Gasteiger partial charge in [-0.1, -0.05) is 17.7 Å². The van der Waals surface area contributed by atoms with Gasteiger partial charge in [0.05, 0.1) is 29.6 Å². The second-order valence-corrected chi connectivity index (χ2v) is 7.23. The second-order valence-electron chi connectivity index (χ2n) is 6.82. The molecular weight excluding hydrogens is 362 g/mol. The summed E-state index contributed by atoms with van der Waals surface area (Å²) >= 11 is 6.46. The Balaban J connectivity index is 1.65. The Morgan fingerprint density at radius 1 is 1.19 bits per heavy atom. The van der Waals surface area contributed by atoms with Crippen molar-refractivity contribution >= 4 is 39.8 Å². The molecule has 0 spiro atoms. The molecule has 4 rings (SSSR count). The molecule has 3 aromatic rings. The van der Waals surface area contributed by atoms with Gasteiger partial charge in [0, 0.05) is 35.2 Å². The van der Waals surface area contributed by atoms with E-state index in [-0.39, 0.29) is 5.91 Å². The molecule has 0 unspecified atom stereocenters. The molecule has 1 aliphatic heterocycles. The zero-order valence-corrected chi connectivity index (χ0v) is 16.2. The number of aromatic amines is 1. The molecule has 1 aromatic heterocycles. The van der Waals surface area contributed by atoms with E-state index in [4.69, 9.17) is 16.3 Å². The van der Waals surface area contributed by atoms with Gasteiger partial charge in [-0.2, -0.15) is 0 Å². The molecule has 140 valence electrons. The van der Waals surface area contributed by atoms with E-state index in [1.165, 1.54) is 0 Å². The summed E-state index contributed by atoms with van der Waals surface area (Å²) in [5.41, 5.74) is 5.52. The highest BCUT2D eigenvalue weighted by atomic mass is 35.5. The van der Waals surface area contributed by atoms with Crippen molar-refractivity contribution in [2.45, 2.75) is 13.8 Å². The standard InChI is InChI=1S/C21H22ClN3O2/c1-13-14(2)23-18-7-6-15(12-16(13)18)21(26)24-19-5-3-4-17(22)20(19)25-8-10-27-11-9-25/h3-7,12,23H,8-11H2,1-2H3,(H,24,26). The highest BCUT2D eigenvalue weighted by molar-refractivity contribution is 6.34. The molecule has 6 heteroatoms. The van der Waals surface area contributed by atoms with Gasteiger partial charge in [-0.3, -0.25) is 4.79 Å². The number of anilines is 2. The number of benzene rings is 2. The number of ether oxygens (including phenoxy) is 1. The van der Waals surface area contributed by atoms with Crippen LogP contribution in [0.3, 0.4) is 0 Å². The minimum Gasteiger partial charge on any atom is -0.378 e. The molecule has 1 aliphatic rings. The van der Waals surface area contributed by atoms with Crippen LogP contribution in [0, 0.1) is 13.8 Å². The quantitative estimate of drug-likeness (QED) is 0.698. The number of H-pyrrole nitrogens is 1. The number of fused-ring (bicyclic) bond motifs is 1. The van der Waals surface area contributed by atoms with Crippen molar-refractivity contribution in [3.63, 3.8) is 0 Å². The van der Waals surface area contributed by atoms with Crippen LogP contribution in [0.1, 0.15) is 21.6 Å². The summed E-state index contributed by atoms with van der Waals surface area (Å²) in [5, 5.41) is 4.74. The second kappa shape index (κ2) is 7.25. The average Bonchev–Trinajstić information content (AvgIpc) is 2.96. The number of halogens is 1. The monoisotopic (exact) mass is 383 g/mol. The number of aryl methyl sites for hydroxylation is 2. The van der Waals surface area contributed by atoms with E-state index < -0.39 is 0 Å². The van der Waals surface area contributed by atoms with Gasteiger partial charge in [0.15, 0.2) is 0 Å². The van der Waals surface area contributed by atoms with Gasteiger partial charge in [-0.25, -0.2) is 0 Å². The van der Waals surface area contributed by atoms with Crippen LogP contribution in [0.4, 0.5) is 11.4 Å². The van der Waals surface area contributed by atoms with Crippen LogP contribution in [0.2, 0.25) is 5.02 Å². The molecule has 1 saturated heterocycles. The lowest BCUT2D eigenvalue weighted by Crippen LogP contribution is -2.37. The maximum Gasteiger partial charge on any atom is 0.255 e. The van der Waals surface area contributed by atoms with Gasteiger partial charge < -0.3 is 19.9 Å². The van der Waals surface area contributed by atoms with Crippen LogP contribution in [0.15, 0.2) is 36.4 Å². The van der Waals surface area contributed by atoms with Gasteiger partial charge >= 0.3 is 0 Å². The lowest BCUT2D eigenvalue weighted by Gasteiger charge is -2.31. The molecular formula is C21H22ClN3O2. The summed E-state index contributed by atoms with van der Waals surface area (Å²) in [7, 11) is 0. The fourth-order valence-electron chi connectivity index (χ4n) is 3.52. The Morgan fingerprint density at radius 3 is 2.74 bits per heavy atom. The van der Waals surface area contributed by atoms with Crippen molar-refractivity contribution in [2.24, 2.45) is 0 Å². The third kappa shape index (κ3) is 3.40. The van der Waals surface area contributed by atoms with Crippen molar-refractivity contribution in [2.75, 3.05) is 36.5 Å². The molecule has 0 aliphatic carbocycles. The van der Waals surface area contributed by atoms with Crippen molar-refractivity contribution in [1.82, 2.24) is 4.98 Å². The van der Waals surface area contributed by atoms with E-state index in [1.54, 1.807) is 0 Å². The zero-order chi connectivity index (χ0) is 19.0. The van der Waals surface area contributed by atoms with Crippen molar-refractivity contribution < 1.29 is 9.53 Å². The van der Waals surface area contributed by atoms with Gasteiger partial charge in [0.25, 0.3) is 5.91 Å². The predicted octanol–water partition coefficient (Wildman–Crippen LogP) is 4.53. The molecule has 0 saturated carbocycles. The van der Waals surface area contributed by atoms with Gasteiger partial charge in [0.2, 0.25) is 0 Å². The van der Waals surface area contributed by atoms with Crippen LogP contribution in [-0.2, 0) is 4.74 Å². The lowest BCUT2D eigenvalue weighted by molar-refractivity contribution is 0.102. The van der Waals surface area contributed by atoms with Crippen molar-refractivity contribution in [3.05, 3.63) is 58.2 Å². The summed E-state index contributed by atoms with van der Waals surface area (Å²) < 4.78 is 5.43. The molecule has 5 nitrogen and oxygen atoms in total. The third-order valence-electron chi connectivity index (χ3n) is 5.13. The molecule has 2 aromatic carbocycles. The largest absolute Gasteiger partial charge is 0.378 e. The number of carbonyl (C=O) groups excluding carboxylic acids is 1. The number of morpholine rings is 1. The van der Waals surface area contributed by atoms with E-state index in [1.807, 2.05) is 43.3 Å². The van der Waals surface area contributed by atoms with E-state index in [0.29, 0.717) is 23.8 Å². The molecule has 2 N–H and O–H groups in total. The summed E-state index contributed by atoms with van der Waals surface area (Å²) in [5.74, 6) is -0.146. The zero-order valence-electron chi connectivity index (χ0n) is 15.4. The lowest BCUT2D eigenvalue weighted by atomic mass is 10.1. The average molecular weight is 384 g/mol. The first-order valence-corrected chi connectivity index (χ1v) is 9.44. The van der Waals surface area contributed by atoms with E-state index in [2.05, 4.69) is 22.1 Å². The van der Waals surface area contributed by atoms with Crippen LogP contribution in [-0.4, -0.2) is 37.2 Å². The minimum absolute atomic E-state index is 0.146. The number of rotatable bonds is 3. The first kappa shape index (κ1) is 17.9. The molecule has 2 heterocycles. The summed E-state index contributed by atoms with van der Waals surface area (Å²) in [6.07, 6.45) is 0. The normalized spacial score (nSPS) is 14.6. The van der Waals surface area contributed by atoms with E-state index in [0.717, 1.165) is 46.6 Å². The predicted molar refractivity (Wildman–Crippen MR) is 110 cm³/mol. The van der Waals surface area contributed by atoms with Gasteiger partial charge in [-0.05, 0) is 49.7 Å². The minimum atomic E-state index is -0.146. The van der Waals surface area contributed by atoms with Crippen LogP contribution >= 0.6 is 11.6 Å². The molecule has 0 bridgehead atoms. The fourth-order valence-corrected chi connectivity index (χ4v) is 3.82. The molecule has 1 fully saturated rings. The summed E-state index contributed by atoms with van der Waals surface area (Å²) in [6.45, 7) is 6.91. The number of carbonyl (C=O) groups is 1. The molecule has 27 heavy (non-hydrogen) atoms. The highest BCUT2D eigenvalue weighted by Crippen LogP contribution is 2.35. The number of amides is 1. The SMILES string of the molecule is Cc1[nH]c2ccc(C(=O)Nc3cccc(Cl)c3N3CCOCC3)cc2c1C. The Bertz CT molecular complexity index is 1010. The van der Waals surface area contributed by atoms with E-state index in [9.17, 15) is 4.79 Å². The number of para-hydroxylation sites is 1. The number of nitrogens with one attached hydrogen (secondary N) is 2. The summed E-state index contributed by atoms with van der Waals surface area (Å²) in [4.78, 5) is 18.4. The number of hydrogen-bond donors (Lipinski definition) is 2. The maximum absolute atomic E-state index is 12.9. The van der Waals surface area contributed by atoms with Crippen LogP contribution in [0.25, 0.3) is 10.9 Å². The fraction of sp³-hybridized carbons (Fsp3) is 0.286. The Labute approximate surface area is 163 Å². The summed E-state index contributed by atoms with van der Waals surface area (Å²) in [6, 6.07) is 11.3. The number of nitrogens with zero attached hydrogens (tertiary/aromatic N) is 1. The van der Waals surface area contributed by atoms with Crippen LogP contribution < -0.4 is 10.2 Å². The number of aromatic nitrogens is 1. The third-order valence-corrected chi connectivity index (χ3v) is 5.44. The maximum atomic E-state index is 12.9. The molecule has 1 amide bonds. The Kier molecular flexibility index (Phi) is 4.81. The van der Waals surface area contributed by atoms with Crippen molar-refractivity contribution in [1.29, 1.82) is 0 Å². The Hall–Kier alpha value is -2.50.